The van der Waals surface area contributed by atoms with Crippen molar-refractivity contribution in [3.05, 3.63) is 30.0 Å². The highest BCUT2D eigenvalue weighted by atomic mass is 15.3. The average molecular weight is 271 g/mol. The Balaban J connectivity index is 1.94. The zero-order valence-corrected chi connectivity index (χ0v) is 12.9. The highest BCUT2D eigenvalue weighted by molar-refractivity contribution is 5.79. The Hall–Kier alpha value is -1.35. The maximum atomic E-state index is 4.67. The lowest BCUT2D eigenvalue weighted by Gasteiger charge is -2.31. The largest absolute Gasteiger partial charge is 0.301 e. The number of hydrogen-bond acceptors (Lipinski definition) is 2. The SMILES string of the molecule is CCc1ccc2cnn(C(C)(C)CN3CCCC3)c2c1. The van der Waals surface area contributed by atoms with Gasteiger partial charge in [-0.05, 0) is 57.8 Å². The third-order valence-electron chi connectivity index (χ3n) is 4.43. The summed E-state index contributed by atoms with van der Waals surface area (Å²) in [6.07, 6.45) is 5.76. The lowest BCUT2D eigenvalue weighted by molar-refractivity contribution is 0.202. The van der Waals surface area contributed by atoms with Crippen molar-refractivity contribution in [2.45, 2.75) is 45.6 Å². The standard InChI is InChI=1S/C17H25N3/c1-4-14-7-8-15-12-18-20(16(15)11-14)17(2,3)13-19-9-5-6-10-19/h7-8,11-12H,4-6,9-10,13H2,1-3H3. The predicted molar refractivity (Wildman–Crippen MR) is 84.1 cm³/mol. The summed E-state index contributed by atoms with van der Waals surface area (Å²) in [5, 5.41) is 5.92. The van der Waals surface area contributed by atoms with Crippen molar-refractivity contribution in [1.29, 1.82) is 0 Å². The van der Waals surface area contributed by atoms with E-state index in [-0.39, 0.29) is 5.54 Å². The van der Waals surface area contributed by atoms with Crippen LogP contribution in [0.25, 0.3) is 10.9 Å². The van der Waals surface area contributed by atoms with Gasteiger partial charge in [-0.1, -0.05) is 19.1 Å². The Bertz CT molecular complexity index is 591. The van der Waals surface area contributed by atoms with Crippen LogP contribution in [0.4, 0.5) is 0 Å². The van der Waals surface area contributed by atoms with Crippen molar-refractivity contribution in [3.8, 4) is 0 Å². The minimum absolute atomic E-state index is 0.0401. The summed E-state index contributed by atoms with van der Waals surface area (Å²) in [6.45, 7) is 10.4. The molecule has 1 fully saturated rings. The molecule has 0 bridgehead atoms. The molecule has 1 aliphatic heterocycles. The number of fused-ring (bicyclic) bond motifs is 1. The summed E-state index contributed by atoms with van der Waals surface area (Å²) in [7, 11) is 0. The third-order valence-corrected chi connectivity index (χ3v) is 4.43. The zero-order chi connectivity index (χ0) is 14.2. The van der Waals surface area contributed by atoms with Crippen molar-refractivity contribution in [2.75, 3.05) is 19.6 Å². The fourth-order valence-electron chi connectivity index (χ4n) is 3.32. The molecule has 0 amide bonds. The van der Waals surface area contributed by atoms with Crippen LogP contribution in [0.1, 0.15) is 39.2 Å². The molecule has 1 aromatic carbocycles. The first kappa shape index (κ1) is 13.6. The van der Waals surface area contributed by atoms with Gasteiger partial charge in [-0.2, -0.15) is 5.10 Å². The summed E-state index contributed by atoms with van der Waals surface area (Å²) >= 11 is 0. The van der Waals surface area contributed by atoms with E-state index in [0.29, 0.717) is 0 Å². The van der Waals surface area contributed by atoms with Crippen LogP contribution in [-0.4, -0.2) is 34.3 Å². The van der Waals surface area contributed by atoms with E-state index in [0.717, 1.165) is 13.0 Å². The molecule has 0 N–H and O–H groups in total. The maximum Gasteiger partial charge on any atom is 0.0705 e. The van der Waals surface area contributed by atoms with E-state index in [1.54, 1.807) is 0 Å². The van der Waals surface area contributed by atoms with Gasteiger partial charge >= 0.3 is 0 Å². The van der Waals surface area contributed by atoms with E-state index in [9.17, 15) is 0 Å². The first-order chi connectivity index (χ1) is 9.60. The zero-order valence-electron chi connectivity index (χ0n) is 12.9. The van der Waals surface area contributed by atoms with E-state index in [1.165, 1.54) is 42.4 Å². The number of aryl methyl sites for hydroxylation is 1. The fraction of sp³-hybridized carbons (Fsp3) is 0.588. The van der Waals surface area contributed by atoms with Crippen LogP contribution in [0.15, 0.2) is 24.4 Å². The Morgan fingerprint density at radius 3 is 2.65 bits per heavy atom. The molecule has 0 aliphatic carbocycles. The minimum Gasteiger partial charge on any atom is -0.301 e. The van der Waals surface area contributed by atoms with Crippen LogP contribution in [0.3, 0.4) is 0 Å². The molecule has 2 aromatic rings. The molecule has 108 valence electrons. The third kappa shape index (κ3) is 2.47. The van der Waals surface area contributed by atoms with Gasteiger partial charge < -0.3 is 4.90 Å². The van der Waals surface area contributed by atoms with Crippen LogP contribution < -0.4 is 0 Å². The van der Waals surface area contributed by atoms with E-state index in [2.05, 4.69) is 53.7 Å². The number of aromatic nitrogens is 2. The fourth-order valence-corrected chi connectivity index (χ4v) is 3.32. The summed E-state index contributed by atoms with van der Waals surface area (Å²) in [5.41, 5.74) is 2.70. The summed E-state index contributed by atoms with van der Waals surface area (Å²) in [5.74, 6) is 0. The number of benzene rings is 1. The molecular weight excluding hydrogens is 246 g/mol. The summed E-state index contributed by atoms with van der Waals surface area (Å²) in [6, 6.07) is 6.71. The maximum absolute atomic E-state index is 4.67. The van der Waals surface area contributed by atoms with Gasteiger partial charge in [-0.25, -0.2) is 0 Å². The molecule has 0 radical (unpaired) electrons. The van der Waals surface area contributed by atoms with E-state index < -0.39 is 0 Å². The lowest BCUT2D eigenvalue weighted by atomic mass is 10.0. The summed E-state index contributed by atoms with van der Waals surface area (Å²) < 4.78 is 2.22. The molecule has 0 unspecified atom stereocenters. The molecule has 1 saturated heterocycles. The van der Waals surface area contributed by atoms with Crippen molar-refractivity contribution in [3.63, 3.8) is 0 Å². The first-order valence-corrected chi connectivity index (χ1v) is 7.80. The van der Waals surface area contributed by atoms with Gasteiger partial charge in [0.25, 0.3) is 0 Å². The quantitative estimate of drug-likeness (QED) is 0.849. The van der Waals surface area contributed by atoms with Crippen molar-refractivity contribution < 1.29 is 0 Å². The van der Waals surface area contributed by atoms with Crippen LogP contribution in [0.2, 0.25) is 0 Å². The van der Waals surface area contributed by atoms with Crippen LogP contribution in [0.5, 0.6) is 0 Å². The molecule has 1 aromatic heterocycles. The van der Waals surface area contributed by atoms with Gasteiger partial charge in [0, 0.05) is 11.9 Å². The van der Waals surface area contributed by atoms with Crippen molar-refractivity contribution >= 4 is 10.9 Å². The molecule has 0 atom stereocenters. The lowest BCUT2D eigenvalue weighted by Crippen LogP contribution is -2.40. The minimum atomic E-state index is 0.0401. The Morgan fingerprint density at radius 1 is 1.20 bits per heavy atom. The van der Waals surface area contributed by atoms with Gasteiger partial charge in [-0.15, -0.1) is 0 Å². The Morgan fingerprint density at radius 2 is 1.95 bits per heavy atom. The molecular formula is C17H25N3. The molecule has 2 heterocycles. The van der Waals surface area contributed by atoms with Gasteiger partial charge in [0.2, 0.25) is 0 Å². The first-order valence-electron chi connectivity index (χ1n) is 7.80. The monoisotopic (exact) mass is 271 g/mol. The molecule has 3 heteroatoms. The van der Waals surface area contributed by atoms with Crippen molar-refractivity contribution in [1.82, 2.24) is 14.7 Å². The highest BCUT2D eigenvalue weighted by Crippen LogP contribution is 2.25. The van der Waals surface area contributed by atoms with Gasteiger partial charge in [0.15, 0.2) is 0 Å². The van der Waals surface area contributed by atoms with Gasteiger partial charge in [0.05, 0.1) is 17.3 Å². The number of nitrogens with zero attached hydrogens (tertiary/aromatic N) is 3. The van der Waals surface area contributed by atoms with Gasteiger partial charge in [0.1, 0.15) is 0 Å². The summed E-state index contributed by atoms with van der Waals surface area (Å²) in [4.78, 5) is 2.57. The van der Waals surface area contributed by atoms with E-state index in [4.69, 9.17) is 0 Å². The molecule has 3 rings (SSSR count). The van der Waals surface area contributed by atoms with Crippen LogP contribution in [-0.2, 0) is 12.0 Å². The number of hydrogen-bond donors (Lipinski definition) is 0. The smallest absolute Gasteiger partial charge is 0.0705 e. The Labute approximate surface area is 121 Å². The molecule has 1 aliphatic rings. The van der Waals surface area contributed by atoms with Crippen molar-refractivity contribution in [2.24, 2.45) is 0 Å². The van der Waals surface area contributed by atoms with E-state index >= 15 is 0 Å². The molecule has 20 heavy (non-hydrogen) atoms. The Kier molecular flexibility index (Phi) is 3.55. The topological polar surface area (TPSA) is 21.1 Å². The van der Waals surface area contributed by atoms with E-state index in [1.807, 2.05) is 6.20 Å². The van der Waals surface area contributed by atoms with Crippen LogP contribution >= 0.6 is 0 Å². The second kappa shape index (κ2) is 5.21. The van der Waals surface area contributed by atoms with Crippen LogP contribution in [0, 0.1) is 0 Å². The average Bonchev–Trinajstić information content (AvgIpc) is 3.06. The molecule has 3 nitrogen and oxygen atoms in total. The molecule has 0 saturated carbocycles. The molecule has 0 spiro atoms. The second-order valence-electron chi connectivity index (χ2n) is 6.60. The van der Waals surface area contributed by atoms with Gasteiger partial charge in [-0.3, -0.25) is 4.68 Å². The highest BCUT2D eigenvalue weighted by Gasteiger charge is 2.27. The number of likely N-dealkylation sites (tertiary alicyclic amines) is 1. The predicted octanol–water partition coefficient (Wildman–Crippen LogP) is 3.43. The normalized spacial score (nSPS) is 17.1. The number of rotatable bonds is 4. The second-order valence-corrected chi connectivity index (χ2v) is 6.60.